The van der Waals surface area contributed by atoms with E-state index in [0.29, 0.717) is 11.1 Å². The molecular weight excluding hydrogens is 572 g/mol. The van der Waals surface area contributed by atoms with E-state index in [9.17, 15) is 18.4 Å². The van der Waals surface area contributed by atoms with Crippen molar-refractivity contribution in [3.8, 4) is 5.75 Å². The lowest BCUT2D eigenvalue weighted by atomic mass is 9.90. The van der Waals surface area contributed by atoms with Gasteiger partial charge in [-0.2, -0.15) is 8.78 Å². The largest absolute Gasteiger partial charge is 0.496 e. The molecule has 1 saturated heterocycles. The summed E-state index contributed by atoms with van der Waals surface area (Å²) in [6.07, 6.45) is -2.65. The molecule has 0 unspecified atom stereocenters. The van der Waals surface area contributed by atoms with Gasteiger partial charge in [-0.15, -0.1) is 0 Å². The van der Waals surface area contributed by atoms with Crippen molar-refractivity contribution in [3.63, 3.8) is 0 Å². The Morgan fingerprint density at radius 3 is 2.33 bits per heavy atom. The molecule has 2 heterocycles. The van der Waals surface area contributed by atoms with Crippen molar-refractivity contribution in [1.82, 2.24) is 9.47 Å². The molecule has 8 nitrogen and oxygen atoms in total. The Labute approximate surface area is 247 Å². The second-order valence-corrected chi connectivity index (χ2v) is 11.4. The first-order chi connectivity index (χ1) is 20.2. The smallest absolute Gasteiger partial charge is 0.419 e. The van der Waals surface area contributed by atoms with E-state index in [1.807, 2.05) is 0 Å². The molecule has 0 amide bonds. The maximum absolute atomic E-state index is 17.0. The van der Waals surface area contributed by atoms with Gasteiger partial charge in [0.2, 0.25) is 0 Å². The first kappa shape index (κ1) is 32.3. The van der Waals surface area contributed by atoms with Crippen LogP contribution in [0.5, 0.6) is 5.75 Å². The van der Waals surface area contributed by atoms with Crippen LogP contribution < -0.4 is 4.74 Å². The van der Waals surface area contributed by atoms with Crippen molar-refractivity contribution in [2.45, 2.75) is 70.8 Å². The van der Waals surface area contributed by atoms with Crippen molar-refractivity contribution >= 4 is 23.0 Å². The highest BCUT2D eigenvalue weighted by atomic mass is 19.3. The number of aryl methyl sites for hydroxylation is 1. The van der Waals surface area contributed by atoms with Gasteiger partial charge >= 0.3 is 18.1 Å². The van der Waals surface area contributed by atoms with E-state index in [1.165, 1.54) is 61.4 Å². The van der Waals surface area contributed by atoms with E-state index < -0.39 is 54.5 Å². The quantitative estimate of drug-likeness (QED) is 0.154. The second-order valence-electron chi connectivity index (χ2n) is 11.4. The van der Waals surface area contributed by atoms with Gasteiger partial charge in [0.05, 0.1) is 37.0 Å². The van der Waals surface area contributed by atoms with Crippen LogP contribution in [0.15, 0.2) is 42.6 Å². The van der Waals surface area contributed by atoms with Crippen molar-refractivity contribution in [1.29, 1.82) is 0 Å². The van der Waals surface area contributed by atoms with Gasteiger partial charge in [0, 0.05) is 24.2 Å². The average Bonchev–Trinajstić information content (AvgIpc) is 3.40. The van der Waals surface area contributed by atoms with Crippen molar-refractivity contribution in [2.24, 2.45) is 0 Å². The molecule has 2 aromatic carbocycles. The summed E-state index contributed by atoms with van der Waals surface area (Å²) in [4.78, 5) is 25.9. The lowest BCUT2D eigenvalue weighted by Gasteiger charge is -2.44. The number of carbonyl (C=O) groups excluding carboxylic acids is 2. The monoisotopic (exact) mass is 608 g/mol. The molecule has 1 aliphatic heterocycles. The molecule has 1 aromatic heterocycles. The summed E-state index contributed by atoms with van der Waals surface area (Å²) < 4.78 is 82.0. The van der Waals surface area contributed by atoms with Gasteiger partial charge in [-0.05, 0) is 75.9 Å². The fourth-order valence-electron chi connectivity index (χ4n) is 5.49. The summed E-state index contributed by atoms with van der Waals surface area (Å²) in [6, 6.07) is 4.25. The summed E-state index contributed by atoms with van der Waals surface area (Å²) >= 11 is 0. The third-order valence-electron chi connectivity index (χ3n) is 7.32. The van der Waals surface area contributed by atoms with Crippen LogP contribution >= 0.6 is 0 Å². The molecule has 12 heteroatoms. The zero-order chi connectivity index (χ0) is 31.7. The molecule has 0 spiro atoms. The Morgan fingerprint density at radius 2 is 1.74 bits per heavy atom. The molecule has 3 aromatic rings. The van der Waals surface area contributed by atoms with Crippen LogP contribution in [0.2, 0.25) is 0 Å². The highest BCUT2D eigenvalue weighted by molar-refractivity contribution is 5.95. The van der Waals surface area contributed by atoms with Crippen LogP contribution in [0, 0.1) is 6.92 Å². The Morgan fingerprint density at radius 1 is 1.07 bits per heavy atom. The number of likely N-dealkylation sites (tertiary alicyclic amines) is 1. The number of esters is 1. The van der Waals surface area contributed by atoms with E-state index in [1.54, 1.807) is 27.7 Å². The summed E-state index contributed by atoms with van der Waals surface area (Å²) in [5.41, 5.74) is 0.188. The molecule has 0 radical (unpaired) electrons. The number of nitrogens with zero attached hydrogens (tertiary/aromatic N) is 2. The van der Waals surface area contributed by atoms with Gasteiger partial charge in [0.15, 0.2) is 0 Å². The number of fused-ring (bicyclic) bond motifs is 1. The fourth-order valence-corrected chi connectivity index (χ4v) is 5.49. The van der Waals surface area contributed by atoms with Gasteiger partial charge < -0.3 is 18.9 Å². The number of ether oxygens (including phenoxy) is 4. The van der Waals surface area contributed by atoms with Gasteiger partial charge in [-0.3, -0.25) is 4.57 Å². The fraction of sp³-hybridized carbons (Fsp3) is 0.484. The lowest BCUT2D eigenvalue weighted by Crippen LogP contribution is -2.48. The van der Waals surface area contributed by atoms with Crippen molar-refractivity contribution < 1.29 is 46.1 Å². The number of aromatic nitrogens is 1. The SMILES string of the molecule is COC(=O)c1ccc([C@@H]2C[C@H](OCC(F)F)CCN2C(F)(F)c2c(OC)cc(C)c3c2ccn3C(=O)OC(C)(C)C)cc1. The summed E-state index contributed by atoms with van der Waals surface area (Å²) in [5, 5.41) is 0.101. The van der Waals surface area contributed by atoms with E-state index in [-0.39, 0.29) is 41.6 Å². The summed E-state index contributed by atoms with van der Waals surface area (Å²) in [5.74, 6) is -0.662. The van der Waals surface area contributed by atoms with Crippen LogP contribution in [0.4, 0.5) is 22.4 Å². The average molecular weight is 609 g/mol. The third-order valence-corrected chi connectivity index (χ3v) is 7.32. The number of hydrogen-bond acceptors (Lipinski definition) is 7. The first-order valence-electron chi connectivity index (χ1n) is 13.8. The molecule has 43 heavy (non-hydrogen) atoms. The minimum atomic E-state index is -3.66. The molecule has 1 aliphatic rings. The number of benzene rings is 2. The summed E-state index contributed by atoms with van der Waals surface area (Å²) in [7, 11) is 2.52. The zero-order valence-electron chi connectivity index (χ0n) is 25.0. The standard InChI is InChI=1S/C31H36F4N2O6/c1-18-15-24(40-5)26(22-12-13-36(27(18)22)29(39)43-30(2,3)4)31(34,35)37-14-11-21(42-17-25(32)33)16-23(37)19-7-9-20(10-8-19)28(38)41-6/h7-10,12-13,15,21,23,25H,11,14,16-17H2,1-6H3/t21-,23+/m1/s1. The van der Waals surface area contributed by atoms with Gasteiger partial charge in [0.1, 0.15) is 18.0 Å². The molecule has 1 fully saturated rings. The number of carbonyl (C=O) groups is 2. The Balaban J connectivity index is 1.82. The minimum absolute atomic E-state index is 0.00385. The van der Waals surface area contributed by atoms with Gasteiger partial charge in [0.25, 0.3) is 6.43 Å². The number of methoxy groups -OCH3 is 2. The van der Waals surface area contributed by atoms with E-state index in [2.05, 4.69) is 0 Å². The van der Waals surface area contributed by atoms with Crippen LogP contribution in [-0.4, -0.2) is 67.0 Å². The van der Waals surface area contributed by atoms with Gasteiger partial charge in [-0.25, -0.2) is 23.3 Å². The molecular formula is C31H36F4N2O6. The number of rotatable bonds is 8. The normalized spacial score (nSPS) is 18.2. The molecule has 2 atom stereocenters. The maximum atomic E-state index is 17.0. The maximum Gasteiger partial charge on any atom is 0.419 e. The minimum Gasteiger partial charge on any atom is -0.496 e. The predicted octanol–water partition coefficient (Wildman–Crippen LogP) is 7.06. The van der Waals surface area contributed by atoms with E-state index in [0.717, 1.165) is 4.90 Å². The number of halogens is 4. The predicted molar refractivity (Wildman–Crippen MR) is 151 cm³/mol. The Kier molecular flexibility index (Phi) is 9.41. The highest BCUT2D eigenvalue weighted by Crippen LogP contribution is 2.49. The first-order valence-corrected chi connectivity index (χ1v) is 13.8. The van der Waals surface area contributed by atoms with Crippen LogP contribution in [0.3, 0.4) is 0 Å². The number of alkyl halides is 4. The van der Waals surface area contributed by atoms with Gasteiger partial charge in [-0.1, -0.05) is 12.1 Å². The molecule has 4 rings (SSSR count). The lowest BCUT2D eigenvalue weighted by molar-refractivity contribution is -0.197. The molecule has 234 valence electrons. The summed E-state index contributed by atoms with van der Waals surface area (Å²) in [6.45, 7) is 5.80. The van der Waals surface area contributed by atoms with E-state index in [4.69, 9.17) is 18.9 Å². The molecule has 0 aliphatic carbocycles. The molecule has 0 bridgehead atoms. The molecule has 0 saturated carbocycles. The number of hydrogen-bond donors (Lipinski definition) is 0. The third kappa shape index (κ3) is 6.80. The zero-order valence-corrected chi connectivity index (χ0v) is 25.0. The molecule has 0 N–H and O–H groups in total. The number of piperidine rings is 1. The second kappa shape index (κ2) is 12.5. The highest BCUT2D eigenvalue weighted by Gasteiger charge is 2.49. The Bertz CT molecular complexity index is 1470. The van der Waals surface area contributed by atoms with E-state index >= 15 is 8.78 Å². The van der Waals surface area contributed by atoms with Crippen LogP contribution in [-0.2, 0) is 20.3 Å². The van der Waals surface area contributed by atoms with Crippen molar-refractivity contribution in [3.05, 3.63) is 64.8 Å². The Hall–Kier alpha value is -3.64. The van der Waals surface area contributed by atoms with Crippen LogP contribution in [0.1, 0.15) is 66.7 Å². The van der Waals surface area contributed by atoms with Crippen LogP contribution in [0.25, 0.3) is 10.9 Å². The topological polar surface area (TPSA) is 79.2 Å². The van der Waals surface area contributed by atoms with Crippen molar-refractivity contribution in [2.75, 3.05) is 27.4 Å².